The van der Waals surface area contributed by atoms with Crippen LogP contribution in [0, 0.1) is 0 Å². The van der Waals surface area contributed by atoms with Gasteiger partial charge in [0.05, 0.1) is 4.52 Å². The molecule has 84 valence electrons. The van der Waals surface area contributed by atoms with Gasteiger partial charge >= 0.3 is 16.3 Å². The van der Waals surface area contributed by atoms with E-state index in [1.165, 1.54) is 6.92 Å². The first kappa shape index (κ1) is 13.4. The van der Waals surface area contributed by atoms with Gasteiger partial charge in [-0.25, -0.2) is 4.79 Å². The number of carbonyl (C=O) groups is 1. The first-order chi connectivity index (χ1) is 6.89. The van der Waals surface area contributed by atoms with Crippen LogP contribution in [0.25, 0.3) is 10.4 Å². The number of esters is 1. The molecule has 0 aliphatic heterocycles. The summed E-state index contributed by atoms with van der Waals surface area (Å²) in [6, 6.07) is 0. The standard InChI is InChI=1S/C6H9N3O5S/c1-5(2)6(10)13-3-4-14-15(11,12)9-8-7/h1,3-4H2,2H3. The van der Waals surface area contributed by atoms with Gasteiger partial charge in [0.1, 0.15) is 13.2 Å². The maximum Gasteiger partial charge on any atom is 0.358 e. The van der Waals surface area contributed by atoms with Gasteiger partial charge in [-0.3, -0.25) is 4.18 Å². The highest BCUT2D eigenvalue weighted by atomic mass is 32.2. The van der Waals surface area contributed by atoms with E-state index < -0.39 is 22.9 Å². The number of azide groups is 1. The molecule has 0 aromatic heterocycles. The minimum atomic E-state index is -4.26. The number of hydrogen-bond donors (Lipinski definition) is 0. The van der Waals surface area contributed by atoms with Crippen molar-refractivity contribution in [3.05, 3.63) is 22.6 Å². The Kier molecular flexibility index (Phi) is 5.39. The molecule has 0 bridgehead atoms. The highest BCUT2D eigenvalue weighted by molar-refractivity contribution is 7.85. The number of carbonyl (C=O) groups excluding carboxylic acids is 1. The van der Waals surface area contributed by atoms with E-state index in [-0.39, 0.29) is 12.2 Å². The van der Waals surface area contributed by atoms with Crippen LogP contribution in [0.3, 0.4) is 0 Å². The summed E-state index contributed by atoms with van der Waals surface area (Å²) < 4.78 is 32.3. The topological polar surface area (TPSA) is 118 Å². The molecule has 8 nitrogen and oxygen atoms in total. The van der Waals surface area contributed by atoms with Gasteiger partial charge in [0.25, 0.3) is 0 Å². The summed E-state index contributed by atoms with van der Waals surface area (Å²) in [5, 5.41) is 0. The molecule has 0 spiro atoms. The lowest BCUT2D eigenvalue weighted by atomic mass is 10.4. The monoisotopic (exact) mass is 235 g/mol. The van der Waals surface area contributed by atoms with Crippen LogP contribution in [0.2, 0.25) is 0 Å². The van der Waals surface area contributed by atoms with E-state index in [1.54, 1.807) is 0 Å². The summed E-state index contributed by atoms with van der Waals surface area (Å²) in [4.78, 5) is 12.8. The Morgan fingerprint density at radius 1 is 1.53 bits per heavy atom. The minimum absolute atomic E-state index is 0.188. The fourth-order valence-corrected chi connectivity index (χ4v) is 0.880. The van der Waals surface area contributed by atoms with Crippen molar-refractivity contribution in [2.45, 2.75) is 6.92 Å². The lowest BCUT2D eigenvalue weighted by Crippen LogP contribution is -2.13. The molecule has 0 saturated carbocycles. The van der Waals surface area contributed by atoms with Crippen LogP contribution in [-0.4, -0.2) is 27.6 Å². The molecule has 0 aliphatic rings. The Morgan fingerprint density at radius 2 is 2.13 bits per heavy atom. The van der Waals surface area contributed by atoms with Crippen LogP contribution < -0.4 is 0 Å². The van der Waals surface area contributed by atoms with E-state index in [2.05, 4.69) is 20.0 Å². The van der Waals surface area contributed by atoms with E-state index in [0.717, 1.165) is 0 Å². The third-order valence-corrected chi connectivity index (χ3v) is 1.77. The molecular weight excluding hydrogens is 226 g/mol. The first-order valence-electron chi connectivity index (χ1n) is 3.67. The third-order valence-electron chi connectivity index (χ3n) is 1.03. The summed E-state index contributed by atoms with van der Waals surface area (Å²) in [6.45, 7) is 4.07. The Bertz CT molecular complexity index is 395. The maximum absolute atomic E-state index is 10.8. The highest BCUT2D eigenvalue weighted by Gasteiger charge is 2.08. The van der Waals surface area contributed by atoms with Crippen molar-refractivity contribution in [1.29, 1.82) is 0 Å². The fourth-order valence-electron chi connectivity index (χ4n) is 0.465. The molecule has 0 saturated heterocycles. The number of rotatable bonds is 6. The van der Waals surface area contributed by atoms with Crippen LogP contribution in [0.1, 0.15) is 6.92 Å². The van der Waals surface area contributed by atoms with Crippen LogP contribution >= 0.6 is 0 Å². The van der Waals surface area contributed by atoms with Crippen LogP contribution in [-0.2, 0) is 24.0 Å². The van der Waals surface area contributed by atoms with Gasteiger partial charge in [0, 0.05) is 10.5 Å². The molecule has 0 rings (SSSR count). The predicted octanol–water partition coefficient (Wildman–Crippen LogP) is 0.677. The van der Waals surface area contributed by atoms with E-state index in [1.807, 2.05) is 4.91 Å². The third kappa shape index (κ3) is 6.49. The molecular formula is C6H9N3O5S. The molecule has 0 atom stereocenters. The van der Waals surface area contributed by atoms with Gasteiger partial charge in [-0.05, 0) is 12.5 Å². The molecule has 0 heterocycles. The van der Waals surface area contributed by atoms with Crippen molar-refractivity contribution < 1.29 is 22.1 Å². The maximum atomic E-state index is 10.8. The summed E-state index contributed by atoms with van der Waals surface area (Å²) in [5.41, 5.74) is 8.01. The molecule has 0 radical (unpaired) electrons. The van der Waals surface area contributed by atoms with Gasteiger partial charge in [0.15, 0.2) is 0 Å². The quantitative estimate of drug-likeness (QED) is 0.167. The van der Waals surface area contributed by atoms with Crippen LogP contribution in [0.15, 0.2) is 16.7 Å². The molecule has 9 heteroatoms. The number of hydrogen-bond acceptors (Lipinski definition) is 5. The summed E-state index contributed by atoms with van der Waals surface area (Å²) in [7, 11) is -4.26. The van der Waals surface area contributed by atoms with Crippen molar-refractivity contribution >= 4 is 16.3 Å². The Labute approximate surface area is 86.4 Å². The van der Waals surface area contributed by atoms with Crippen molar-refractivity contribution in [2.75, 3.05) is 13.2 Å². The van der Waals surface area contributed by atoms with E-state index in [0.29, 0.717) is 0 Å². The lowest BCUT2D eigenvalue weighted by molar-refractivity contribution is -0.139. The predicted molar refractivity (Wildman–Crippen MR) is 49.8 cm³/mol. The van der Waals surface area contributed by atoms with E-state index in [4.69, 9.17) is 5.53 Å². The van der Waals surface area contributed by atoms with Crippen LogP contribution in [0.5, 0.6) is 0 Å². The normalized spacial score (nSPS) is 10.2. The number of nitrogens with zero attached hydrogens (tertiary/aromatic N) is 3. The Hall–Kier alpha value is -1.57. The molecule has 0 amide bonds. The van der Waals surface area contributed by atoms with Crippen molar-refractivity contribution in [1.82, 2.24) is 0 Å². The Morgan fingerprint density at radius 3 is 2.60 bits per heavy atom. The highest BCUT2D eigenvalue weighted by Crippen LogP contribution is 1.96. The second kappa shape index (κ2) is 6.02. The van der Waals surface area contributed by atoms with Crippen molar-refractivity contribution in [2.24, 2.45) is 4.52 Å². The van der Waals surface area contributed by atoms with Crippen molar-refractivity contribution in [3.8, 4) is 0 Å². The number of ether oxygens (including phenoxy) is 1. The van der Waals surface area contributed by atoms with Gasteiger partial charge in [0.2, 0.25) is 0 Å². The van der Waals surface area contributed by atoms with Gasteiger partial charge in [-0.2, -0.15) is 8.42 Å². The largest absolute Gasteiger partial charge is 0.460 e. The summed E-state index contributed by atoms with van der Waals surface area (Å²) >= 11 is 0. The average Bonchev–Trinajstić information content (AvgIpc) is 2.11. The van der Waals surface area contributed by atoms with E-state index in [9.17, 15) is 13.2 Å². The second-order valence-electron chi connectivity index (χ2n) is 2.34. The van der Waals surface area contributed by atoms with E-state index >= 15 is 0 Å². The van der Waals surface area contributed by atoms with Gasteiger partial charge < -0.3 is 4.74 Å². The van der Waals surface area contributed by atoms with Gasteiger partial charge in [-0.15, -0.1) is 0 Å². The minimum Gasteiger partial charge on any atom is -0.460 e. The van der Waals surface area contributed by atoms with Crippen molar-refractivity contribution in [3.63, 3.8) is 0 Å². The molecule has 0 fully saturated rings. The summed E-state index contributed by atoms with van der Waals surface area (Å²) in [6.07, 6.45) is 0. The van der Waals surface area contributed by atoms with Crippen LogP contribution in [0.4, 0.5) is 0 Å². The zero-order chi connectivity index (χ0) is 11.9. The molecule has 0 aliphatic carbocycles. The molecule has 0 N–H and O–H groups in total. The summed E-state index contributed by atoms with van der Waals surface area (Å²) in [5.74, 6) is -0.653. The average molecular weight is 235 g/mol. The smallest absolute Gasteiger partial charge is 0.358 e. The van der Waals surface area contributed by atoms with Gasteiger partial charge in [-0.1, -0.05) is 6.58 Å². The molecule has 0 aromatic rings. The lowest BCUT2D eigenvalue weighted by Gasteiger charge is -2.03. The molecule has 0 aromatic carbocycles. The molecule has 15 heavy (non-hydrogen) atoms. The first-order valence-corrected chi connectivity index (χ1v) is 5.04. The molecule has 0 unspecified atom stereocenters. The Balaban J connectivity index is 3.87. The SMILES string of the molecule is C=C(C)C(=O)OCCOS(=O)(=O)N=[N+]=[N-]. The second-order valence-corrected chi connectivity index (χ2v) is 3.59. The fraction of sp³-hybridized carbons (Fsp3) is 0.500. The zero-order valence-corrected chi connectivity index (χ0v) is 8.73. The zero-order valence-electron chi connectivity index (χ0n) is 7.91.